The second-order valence-electron chi connectivity index (χ2n) is 3.01. The molecule has 0 rings (SSSR count). The van der Waals surface area contributed by atoms with Gasteiger partial charge >= 0.3 is 0 Å². The molecule has 2 N–H and O–H groups in total. The van der Waals surface area contributed by atoms with Crippen LogP contribution >= 0.6 is 0 Å². The van der Waals surface area contributed by atoms with Crippen molar-refractivity contribution >= 4 is 0 Å². The third-order valence-electron chi connectivity index (χ3n) is 1.58. The van der Waals surface area contributed by atoms with E-state index in [1.54, 1.807) is 0 Å². The van der Waals surface area contributed by atoms with Crippen molar-refractivity contribution in [3.63, 3.8) is 0 Å². The molecule has 0 saturated heterocycles. The second kappa shape index (κ2) is 9.40. The summed E-state index contributed by atoms with van der Waals surface area (Å²) < 4.78 is 16.0. The molecule has 0 aromatic rings. The first-order valence-electron chi connectivity index (χ1n) is 5.08. The van der Waals surface area contributed by atoms with Gasteiger partial charge in [-0.2, -0.15) is 0 Å². The molecule has 1 radical (unpaired) electrons. The van der Waals surface area contributed by atoms with Gasteiger partial charge in [0.1, 0.15) is 0 Å². The fourth-order valence-corrected chi connectivity index (χ4v) is 0.930. The van der Waals surface area contributed by atoms with Crippen LogP contribution in [-0.4, -0.2) is 32.3 Å². The van der Waals surface area contributed by atoms with E-state index in [9.17, 15) is 0 Å². The maximum Gasteiger partial charge on any atom is 0.157 e. The summed E-state index contributed by atoms with van der Waals surface area (Å²) in [7, 11) is 0. The SMILES string of the molecule is [CH2]CCOC(C)OC(C)OCCCN. The van der Waals surface area contributed by atoms with Crippen molar-refractivity contribution < 1.29 is 14.2 Å². The smallest absolute Gasteiger partial charge is 0.157 e. The molecule has 0 fully saturated rings. The van der Waals surface area contributed by atoms with Gasteiger partial charge in [0, 0.05) is 6.61 Å². The predicted molar refractivity (Wildman–Crippen MR) is 55.6 cm³/mol. The minimum Gasteiger partial charge on any atom is -0.353 e. The van der Waals surface area contributed by atoms with Gasteiger partial charge in [-0.05, 0) is 33.2 Å². The van der Waals surface area contributed by atoms with Gasteiger partial charge in [-0.3, -0.25) is 0 Å². The Morgan fingerprint density at radius 3 is 2.21 bits per heavy atom. The lowest BCUT2D eigenvalue weighted by molar-refractivity contribution is -0.230. The van der Waals surface area contributed by atoms with Crippen molar-refractivity contribution in [2.24, 2.45) is 5.73 Å². The maximum atomic E-state index is 5.39. The number of hydrogen-bond donors (Lipinski definition) is 1. The number of ether oxygens (including phenoxy) is 3. The summed E-state index contributed by atoms with van der Waals surface area (Å²) >= 11 is 0. The highest BCUT2D eigenvalue weighted by Crippen LogP contribution is 2.02. The van der Waals surface area contributed by atoms with Gasteiger partial charge in [-0.15, -0.1) is 0 Å². The van der Waals surface area contributed by atoms with Gasteiger partial charge in [0.15, 0.2) is 12.6 Å². The Kier molecular flexibility index (Phi) is 9.29. The Balaban J connectivity index is 3.35. The zero-order chi connectivity index (χ0) is 10.8. The topological polar surface area (TPSA) is 53.7 Å². The van der Waals surface area contributed by atoms with Crippen LogP contribution in [0.1, 0.15) is 26.7 Å². The van der Waals surface area contributed by atoms with E-state index < -0.39 is 0 Å². The Bertz CT molecular complexity index is 122. The average molecular weight is 204 g/mol. The third-order valence-corrected chi connectivity index (χ3v) is 1.58. The fourth-order valence-electron chi connectivity index (χ4n) is 0.930. The lowest BCUT2D eigenvalue weighted by Gasteiger charge is -2.19. The molecule has 0 bridgehead atoms. The molecule has 14 heavy (non-hydrogen) atoms. The van der Waals surface area contributed by atoms with Crippen LogP contribution in [0, 0.1) is 6.92 Å². The molecular formula is C10H22NO3. The second-order valence-corrected chi connectivity index (χ2v) is 3.01. The highest BCUT2D eigenvalue weighted by Gasteiger charge is 2.07. The average Bonchev–Trinajstić information content (AvgIpc) is 2.15. The van der Waals surface area contributed by atoms with Crippen molar-refractivity contribution in [2.45, 2.75) is 39.3 Å². The molecule has 2 atom stereocenters. The van der Waals surface area contributed by atoms with E-state index in [-0.39, 0.29) is 12.6 Å². The van der Waals surface area contributed by atoms with E-state index in [4.69, 9.17) is 19.9 Å². The van der Waals surface area contributed by atoms with Crippen molar-refractivity contribution in [3.8, 4) is 0 Å². The highest BCUT2D eigenvalue weighted by molar-refractivity contribution is 4.41. The summed E-state index contributed by atoms with van der Waals surface area (Å²) in [5.74, 6) is 0. The van der Waals surface area contributed by atoms with E-state index in [0.29, 0.717) is 19.8 Å². The fraction of sp³-hybridized carbons (Fsp3) is 0.900. The zero-order valence-electron chi connectivity index (χ0n) is 9.20. The van der Waals surface area contributed by atoms with Crippen LogP contribution < -0.4 is 5.73 Å². The van der Waals surface area contributed by atoms with Gasteiger partial charge in [-0.1, -0.05) is 6.92 Å². The van der Waals surface area contributed by atoms with Gasteiger partial charge in [0.25, 0.3) is 0 Å². The molecule has 0 aliphatic heterocycles. The largest absolute Gasteiger partial charge is 0.353 e. The molecule has 4 heteroatoms. The summed E-state index contributed by atoms with van der Waals surface area (Å²) in [5, 5.41) is 0. The van der Waals surface area contributed by atoms with Crippen molar-refractivity contribution in [2.75, 3.05) is 19.8 Å². The van der Waals surface area contributed by atoms with Crippen LogP contribution in [0.25, 0.3) is 0 Å². The van der Waals surface area contributed by atoms with E-state index in [0.717, 1.165) is 12.8 Å². The molecule has 0 spiro atoms. The lowest BCUT2D eigenvalue weighted by Crippen LogP contribution is -2.23. The zero-order valence-corrected chi connectivity index (χ0v) is 9.20. The first-order valence-corrected chi connectivity index (χ1v) is 5.08. The van der Waals surface area contributed by atoms with E-state index in [1.807, 2.05) is 13.8 Å². The monoisotopic (exact) mass is 204 g/mol. The lowest BCUT2D eigenvalue weighted by atomic mass is 10.5. The molecule has 0 saturated carbocycles. The minimum absolute atomic E-state index is 0.246. The minimum atomic E-state index is -0.249. The van der Waals surface area contributed by atoms with Gasteiger partial charge in [-0.25, -0.2) is 0 Å². The van der Waals surface area contributed by atoms with Crippen molar-refractivity contribution in [1.82, 2.24) is 0 Å². The molecule has 0 aliphatic carbocycles. The normalized spacial score (nSPS) is 15.4. The first-order chi connectivity index (χ1) is 6.70. The Morgan fingerprint density at radius 1 is 1.14 bits per heavy atom. The molecule has 0 aromatic carbocycles. The van der Waals surface area contributed by atoms with Crippen LogP contribution in [-0.2, 0) is 14.2 Å². The van der Waals surface area contributed by atoms with Crippen LogP contribution in [0.5, 0.6) is 0 Å². The first kappa shape index (κ1) is 13.8. The van der Waals surface area contributed by atoms with Gasteiger partial charge in [0.05, 0.1) is 6.61 Å². The van der Waals surface area contributed by atoms with Gasteiger partial charge in [0.2, 0.25) is 0 Å². The third kappa shape index (κ3) is 8.44. The van der Waals surface area contributed by atoms with E-state index in [2.05, 4.69) is 6.92 Å². The Hall–Kier alpha value is -0.160. The molecule has 0 aromatic heterocycles. The Labute approximate surface area is 86.7 Å². The van der Waals surface area contributed by atoms with Crippen LogP contribution in [0.15, 0.2) is 0 Å². The molecule has 0 amide bonds. The summed E-state index contributed by atoms with van der Waals surface area (Å²) in [4.78, 5) is 0. The van der Waals surface area contributed by atoms with Gasteiger partial charge < -0.3 is 19.9 Å². The molecule has 85 valence electrons. The van der Waals surface area contributed by atoms with E-state index >= 15 is 0 Å². The number of rotatable bonds is 9. The summed E-state index contributed by atoms with van der Waals surface area (Å²) in [6.07, 6.45) is 1.10. The van der Waals surface area contributed by atoms with Crippen molar-refractivity contribution in [1.29, 1.82) is 0 Å². The number of nitrogens with two attached hydrogens (primary N) is 1. The molecule has 0 heterocycles. The summed E-state index contributed by atoms with van der Waals surface area (Å²) in [6, 6.07) is 0. The highest BCUT2D eigenvalue weighted by atomic mass is 16.8. The predicted octanol–water partition coefficient (Wildman–Crippen LogP) is 1.30. The standard InChI is InChI=1S/C10H22NO3/c1-4-7-12-9(2)14-10(3)13-8-5-6-11/h9-10H,1,4-8,11H2,2-3H3. The van der Waals surface area contributed by atoms with Crippen LogP contribution in [0.3, 0.4) is 0 Å². The van der Waals surface area contributed by atoms with Crippen LogP contribution in [0.4, 0.5) is 0 Å². The van der Waals surface area contributed by atoms with E-state index in [1.165, 1.54) is 0 Å². The number of hydrogen-bond acceptors (Lipinski definition) is 4. The molecule has 0 aliphatic rings. The molecular weight excluding hydrogens is 182 g/mol. The van der Waals surface area contributed by atoms with Crippen molar-refractivity contribution in [3.05, 3.63) is 6.92 Å². The molecule has 2 unspecified atom stereocenters. The molecule has 4 nitrogen and oxygen atoms in total. The summed E-state index contributed by atoms with van der Waals surface area (Å²) in [6.45, 7) is 9.24. The Morgan fingerprint density at radius 2 is 1.71 bits per heavy atom. The van der Waals surface area contributed by atoms with Crippen LogP contribution in [0.2, 0.25) is 0 Å². The maximum absolute atomic E-state index is 5.39. The summed E-state index contributed by atoms with van der Waals surface area (Å²) in [5.41, 5.74) is 5.33. The quantitative estimate of drug-likeness (QED) is 0.454.